The predicted molar refractivity (Wildman–Crippen MR) is 73.9 cm³/mol. The highest BCUT2D eigenvalue weighted by Crippen LogP contribution is 2.24. The van der Waals surface area contributed by atoms with E-state index in [-0.39, 0.29) is 5.43 Å². The van der Waals surface area contributed by atoms with Gasteiger partial charge < -0.3 is 9.32 Å². The molecule has 0 spiro atoms. The second kappa shape index (κ2) is 4.53. The van der Waals surface area contributed by atoms with Gasteiger partial charge in [0.15, 0.2) is 5.43 Å². The van der Waals surface area contributed by atoms with E-state index in [1.807, 2.05) is 38.1 Å². The van der Waals surface area contributed by atoms with Crippen molar-refractivity contribution in [3.05, 3.63) is 38.5 Å². The van der Waals surface area contributed by atoms with Crippen LogP contribution in [-0.4, -0.2) is 14.1 Å². The molecule has 0 aliphatic rings. The Labute approximate surface area is 108 Å². The van der Waals surface area contributed by atoms with Gasteiger partial charge >= 0.3 is 0 Å². The second-order valence-corrected chi connectivity index (χ2v) is 5.02. The molecule has 0 saturated heterocycles. The van der Waals surface area contributed by atoms with Crippen molar-refractivity contribution in [1.82, 2.24) is 0 Å². The summed E-state index contributed by atoms with van der Waals surface area (Å²) in [7, 11) is 3.75. The van der Waals surface area contributed by atoms with Gasteiger partial charge in [-0.25, -0.2) is 0 Å². The maximum Gasteiger partial charge on any atom is 0.202 e. The number of hydrogen-bond donors (Lipinski definition) is 0. The molecule has 17 heavy (non-hydrogen) atoms. The number of nitrogens with zero attached hydrogens (tertiary/aromatic N) is 1. The largest absolute Gasteiger partial charge is 0.440 e. The van der Waals surface area contributed by atoms with Crippen molar-refractivity contribution in [2.75, 3.05) is 19.0 Å². The lowest BCUT2D eigenvalue weighted by Crippen LogP contribution is -2.18. The van der Waals surface area contributed by atoms with Crippen LogP contribution in [0, 0.1) is 0 Å². The van der Waals surface area contributed by atoms with Crippen LogP contribution in [-0.2, 0) is 6.42 Å². The van der Waals surface area contributed by atoms with Gasteiger partial charge in [0, 0.05) is 18.6 Å². The van der Waals surface area contributed by atoms with E-state index in [1.165, 1.54) is 0 Å². The number of rotatable bonds is 2. The molecule has 0 N–H and O–H groups in total. The maximum absolute atomic E-state index is 12.3. The zero-order valence-electron chi connectivity index (χ0n) is 10.1. The van der Waals surface area contributed by atoms with Gasteiger partial charge in [0.25, 0.3) is 0 Å². The van der Waals surface area contributed by atoms with Gasteiger partial charge in [-0.3, -0.25) is 4.79 Å². The van der Waals surface area contributed by atoms with Crippen molar-refractivity contribution in [1.29, 1.82) is 0 Å². The first-order valence-corrected chi connectivity index (χ1v) is 6.26. The SMILES string of the molecule is CCc1c(N(C)C)oc2ccc(Br)cc2c1=O. The number of anilines is 1. The number of halogens is 1. The highest BCUT2D eigenvalue weighted by molar-refractivity contribution is 9.10. The molecule has 0 unspecified atom stereocenters. The van der Waals surface area contributed by atoms with Crippen LogP contribution in [0.5, 0.6) is 0 Å². The zero-order chi connectivity index (χ0) is 12.6. The third kappa shape index (κ3) is 2.09. The van der Waals surface area contributed by atoms with Crippen LogP contribution in [0.1, 0.15) is 12.5 Å². The smallest absolute Gasteiger partial charge is 0.202 e. The lowest BCUT2D eigenvalue weighted by Gasteiger charge is -2.15. The Kier molecular flexibility index (Phi) is 3.24. The van der Waals surface area contributed by atoms with E-state index < -0.39 is 0 Å². The van der Waals surface area contributed by atoms with Crippen LogP contribution in [0.3, 0.4) is 0 Å². The Morgan fingerprint density at radius 2 is 2.06 bits per heavy atom. The van der Waals surface area contributed by atoms with Crippen molar-refractivity contribution in [3.8, 4) is 0 Å². The summed E-state index contributed by atoms with van der Waals surface area (Å²) in [5.74, 6) is 0.646. The molecular formula is C13H14BrNO2. The van der Waals surface area contributed by atoms with Gasteiger partial charge in [0.05, 0.1) is 10.9 Å². The van der Waals surface area contributed by atoms with E-state index in [1.54, 1.807) is 6.07 Å². The van der Waals surface area contributed by atoms with Gasteiger partial charge in [-0.2, -0.15) is 0 Å². The Morgan fingerprint density at radius 1 is 1.35 bits per heavy atom. The second-order valence-electron chi connectivity index (χ2n) is 4.10. The molecule has 3 nitrogen and oxygen atoms in total. The molecule has 1 aromatic heterocycles. The molecule has 0 radical (unpaired) electrons. The number of benzene rings is 1. The summed E-state index contributed by atoms with van der Waals surface area (Å²) in [6, 6.07) is 5.49. The van der Waals surface area contributed by atoms with Crippen molar-refractivity contribution in [3.63, 3.8) is 0 Å². The number of fused-ring (bicyclic) bond motifs is 1. The molecule has 1 heterocycles. The lowest BCUT2D eigenvalue weighted by molar-refractivity contribution is 0.589. The molecular weight excluding hydrogens is 282 g/mol. The molecule has 0 aliphatic carbocycles. The van der Waals surface area contributed by atoms with E-state index in [9.17, 15) is 4.79 Å². The van der Waals surface area contributed by atoms with E-state index >= 15 is 0 Å². The van der Waals surface area contributed by atoms with Crippen LogP contribution in [0.25, 0.3) is 11.0 Å². The highest BCUT2D eigenvalue weighted by Gasteiger charge is 2.14. The molecule has 0 saturated carbocycles. The van der Waals surface area contributed by atoms with E-state index in [0.717, 1.165) is 10.0 Å². The topological polar surface area (TPSA) is 33.5 Å². The summed E-state index contributed by atoms with van der Waals surface area (Å²) in [5, 5.41) is 0.627. The van der Waals surface area contributed by atoms with Crippen LogP contribution in [0.4, 0.5) is 5.88 Å². The minimum absolute atomic E-state index is 0.0544. The average Bonchev–Trinajstić information content (AvgIpc) is 2.29. The molecule has 90 valence electrons. The normalized spacial score (nSPS) is 10.8. The van der Waals surface area contributed by atoms with E-state index in [2.05, 4.69) is 15.9 Å². The summed E-state index contributed by atoms with van der Waals surface area (Å²) in [6.07, 6.45) is 0.665. The molecule has 0 aliphatic heterocycles. The summed E-state index contributed by atoms with van der Waals surface area (Å²) in [6.45, 7) is 1.96. The quantitative estimate of drug-likeness (QED) is 0.853. The Bertz CT molecular complexity index is 617. The monoisotopic (exact) mass is 295 g/mol. The third-order valence-corrected chi connectivity index (χ3v) is 3.18. The summed E-state index contributed by atoms with van der Waals surface area (Å²) in [4.78, 5) is 14.2. The van der Waals surface area contributed by atoms with E-state index in [0.29, 0.717) is 23.3 Å². The van der Waals surface area contributed by atoms with Crippen LogP contribution in [0.15, 0.2) is 31.9 Å². The first-order valence-electron chi connectivity index (χ1n) is 5.47. The third-order valence-electron chi connectivity index (χ3n) is 2.68. The van der Waals surface area contributed by atoms with Crippen molar-refractivity contribution < 1.29 is 4.42 Å². The molecule has 2 rings (SSSR count). The van der Waals surface area contributed by atoms with Gasteiger partial charge in [-0.15, -0.1) is 0 Å². The van der Waals surface area contributed by atoms with Crippen molar-refractivity contribution >= 4 is 32.8 Å². The molecule has 2 aromatic rings. The first-order chi connectivity index (χ1) is 8.04. The number of hydrogen-bond acceptors (Lipinski definition) is 3. The van der Waals surface area contributed by atoms with Crippen molar-refractivity contribution in [2.24, 2.45) is 0 Å². The Balaban J connectivity index is 2.88. The van der Waals surface area contributed by atoms with Gasteiger partial charge in [0.1, 0.15) is 5.58 Å². The lowest BCUT2D eigenvalue weighted by atomic mass is 10.1. The van der Waals surface area contributed by atoms with Crippen molar-refractivity contribution in [2.45, 2.75) is 13.3 Å². The Hall–Kier alpha value is -1.29. The van der Waals surface area contributed by atoms with Gasteiger partial charge in [-0.05, 0) is 24.6 Å². The van der Waals surface area contributed by atoms with Gasteiger partial charge in [0.2, 0.25) is 5.88 Å². The molecule has 1 aromatic carbocycles. The first kappa shape index (κ1) is 12.2. The Morgan fingerprint density at radius 3 is 2.65 bits per heavy atom. The molecule has 0 atom stereocenters. The van der Waals surface area contributed by atoms with E-state index in [4.69, 9.17) is 4.42 Å². The predicted octanol–water partition coefficient (Wildman–Crippen LogP) is 3.18. The highest BCUT2D eigenvalue weighted by atomic mass is 79.9. The van der Waals surface area contributed by atoms with Crippen LogP contribution >= 0.6 is 15.9 Å². The molecule has 0 bridgehead atoms. The minimum Gasteiger partial charge on any atom is -0.440 e. The van der Waals surface area contributed by atoms with Gasteiger partial charge in [-0.1, -0.05) is 22.9 Å². The van der Waals surface area contributed by atoms with Crippen LogP contribution < -0.4 is 10.3 Å². The maximum atomic E-state index is 12.3. The average molecular weight is 296 g/mol. The standard InChI is InChI=1S/C13H14BrNO2/c1-4-9-12(16)10-7-8(14)5-6-11(10)17-13(9)15(2)3/h5-7H,4H2,1-3H3. The fourth-order valence-corrected chi connectivity index (χ4v) is 2.23. The van der Waals surface area contributed by atoms with Crippen LogP contribution in [0.2, 0.25) is 0 Å². The molecule has 0 amide bonds. The summed E-state index contributed by atoms with van der Waals surface area (Å²) in [5.41, 5.74) is 1.40. The molecule has 0 fully saturated rings. The summed E-state index contributed by atoms with van der Waals surface area (Å²) < 4.78 is 6.67. The molecule has 4 heteroatoms. The summed E-state index contributed by atoms with van der Waals surface area (Å²) >= 11 is 3.37. The minimum atomic E-state index is 0.0544. The fourth-order valence-electron chi connectivity index (χ4n) is 1.87. The zero-order valence-corrected chi connectivity index (χ0v) is 11.7. The fraction of sp³-hybridized carbons (Fsp3) is 0.308.